The average molecular weight is 1130 g/mol. The summed E-state index contributed by atoms with van der Waals surface area (Å²) < 4.78 is 147. The lowest BCUT2D eigenvalue weighted by atomic mass is 10.1. The zero-order valence-corrected chi connectivity index (χ0v) is 43.0. The van der Waals surface area contributed by atoms with Gasteiger partial charge in [-0.2, -0.15) is 26.3 Å². The van der Waals surface area contributed by atoms with Crippen molar-refractivity contribution in [2.75, 3.05) is 23.7 Å². The number of anilines is 2. The molecule has 0 aromatic heterocycles. The van der Waals surface area contributed by atoms with Crippen LogP contribution in [0.5, 0.6) is 23.0 Å². The van der Waals surface area contributed by atoms with Crippen molar-refractivity contribution < 1.29 is 62.2 Å². The molecule has 0 aliphatic carbocycles. The standard InChI is InChI=1S/C52H54F6N10O8S2/c53-51(54,55)43-25-7-33(31-59)29-45(43)75-37-13-21-41(22-14-37)78(73,74)42-23-15-38(16-24-42)76-46-30-34(8-26-44(46)52(56,57)58)32-65-68-50(62)64-28-4-2-6-48(70)67-36-11-19-40(20-12-36)77(71,72)39-17-9-35(10-18-39)66-47(69)5-1-3-27-63-49(60)61/h7-26,29-30,65H,1-6,27-28,31-32,59H2,(H,66,69)(H,67,70)(H4,60,61,63)(H3,62,64,68). The summed E-state index contributed by atoms with van der Waals surface area (Å²) in [4.78, 5) is 32.4. The molecule has 6 aromatic rings. The summed E-state index contributed by atoms with van der Waals surface area (Å²) in [5.41, 5.74) is 26.8. The van der Waals surface area contributed by atoms with E-state index in [0.717, 1.165) is 60.7 Å². The number of alkyl halides is 6. The Bertz CT molecular complexity index is 3320. The maximum absolute atomic E-state index is 14.1. The first kappa shape index (κ1) is 59.1. The van der Waals surface area contributed by atoms with E-state index in [2.05, 4.69) is 31.5 Å². The monoisotopic (exact) mass is 1120 g/mol. The molecule has 0 radical (unpaired) electrons. The molecule has 0 atom stereocenters. The van der Waals surface area contributed by atoms with Gasteiger partial charge in [-0.15, -0.1) is 0 Å². The van der Waals surface area contributed by atoms with Crippen molar-refractivity contribution in [3.63, 3.8) is 0 Å². The van der Waals surface area contributed by atoms with Gasteiger partial charge in [0.15, 0.2) is 5.96 Å². The van der Waals surface area contributed by atoms with Gasteiger partial charge in [-0.1, -0.05) is 12.1 Å². The van der Waals surface area contributed by atoms with E-state index in [1.165, 1.54) is 72.8 Å². The van der Waals surface area contributed by atoms with Gasteiger partial charge >= 0.3 is 12.4 Å². The third-order valence-electron chi connectivity index (χ3n) is 11.3. The van der Waals surface area contributed by atoms with E-state index >= 15 is 0 Å². The normalized spacial score (nSPS) is 12.1. The Morgan fingerprint density at radius 2 is 0.897 bits per heavy atom. The van der Waals surface area contributed by atoms with E-state index in [-0.39, 0.29) is 87.3 Å². The molecule has 0 fully saturated rings. The van der Waals surface area contributed by atoms with Crippen LogP contribution < -0.4 is 53.9 Å². The number of nitrogens with zero attached hydrogens (tertiary/aromatic N) is 2. The summed E-state index contributed by atoms with van der Waals surface area (Å²) in [6.45, 7) is 0.523. The van der Waals surface area contributed by atoms with Gasteiger partial charge in [0.1, 0.15) is 23.0 Å². The number of ether oxygens (including phenoxy) is 2. The highest BCUT2D eigenvalue weighted by Crippen LogP contribution is 2.41. The molecule has 0 aliphatic heterocycles. The molecular formula is C52H54F6N10O8S2. The van der Waals surface area contributed by atoms with Crippen LogP contribution in [-0.2, 0) is 54.7 Å². The lowest BCUT2D eigenvalue weighted by Crippen LogP contribution is -2.42. The third-order valence-corrected chi connectivity index (χ3v) is 14.8. The van der Waals surface area contributed by atoms with Crippen LogP contribution in [0.25, 0.3) is 0 Å². The Balaban J connectivity index is 0.934. The second-order valence-electron chi connectivity index (χ2n) is 17.1. The number of nitrogens with two attached hydrogens (primary N) is 4. The zero-order chi connectivity index (χ0) is 56.7. The van der Waals surface area contributed by atoms with Crippen molar-refractivity contribution >= 4 is 54.8 Å². The van der Waals surface area contributed by atoms with Gasteiger partial charge in [-0.3, -0.25) is 25.0 Å². The van der Waals surface area contributed by atoms with Gasteiger partial charge in [-0.25, -0.2) is 22.3 Å². The second-order valence-corrected chi connectivity index (χ2v) is 21.0. The Hall–Kier alpha value is -8.20. The summed E-state index contributed by atoms with van der Waals surface area (Å²) >= 11 is 0. The van der Waals surface area contributed by atoms with E-state index < -0.39 is 54.7 Å². The van der Waals surface area contributed by atoms with Crippen LogP contribution in [0.15, 0.2) is 163 Å². The van der Waals surface area contributed by atoms with Crippen molar-refractivity contribution in [1.29, 1.82) is 0 Å². The first-order chi connectivity index (χ1) is 36.9. The minimum absolute atomic E-state index is 0.00410. The molecule has 0 saturated heterocycles. The number of hydrazine groups is 1. The predicted molar refractivity (Wildman–Crippen MR) is 280 cm³/mol. The van der Waals surface area contributed by atoms with Crippen LogP contribution in [0.3, 0.4) is 0 Å². The highest BCUT2D eigenvalue weighted by Gasteiger charge is 2.36. The third kappa shape index (κ3) is 16.9. The van der Waals surface area contributed by atoms with Crippen LogP contribution in [0, 0.1) is 0 Å². The molecule has 0 spiro atoms. The van der Waals surface area contributed by atoms with Gasteiger partial charge in [-0.05, 0) is 158 Å². The quantitative estimate of drug-likeness (QED) is 0.00927. The van der Waals surface area contributed by atoms with Crippen LogP contribution in [0.4, 0.5) is 37.7 Å². The molecular weight excluding hydrogens is 1070 g/mol. The fourth-order valence-corrected chi connectivity index (χ4v) is 9.79. The minimum Gasteiger partial charge on any atom is -0.457 e. The van der Waals surface area contributed by atoms with Crippen LogP contribution >= 0.6 is 0 Å². The summed E-state index contributed by atoms with van der Waals surface area (Å²) in [5.74, 6) is -1.95. The van der Waals surface area contributed by atoms with Gasteiger partial charge < -0.3 is 43.0 Å². The molecule has 18 nitrogen and oxygen atoms in total. The summed E-state index contributed by atoms with van der Waals surface area (Å²) in [6, 6.07) is 27.0. The topological polar surface area (TPSA) is 298 Å². The number of carbonyl (C=O) groups is 2. The molecule has 26 heteroatoms. The Morgan fingerprint density at radius 3 is 1.29 bits per heavy atom. The number of guanidine groups is 2. The summed E-state index contributed by atoms with van der Waals surface area (Å²) in [7, 11) is -8.13. The fourth-order valence-electron chi connectivity index (χ4n) is 7.27. The fraction of sp³-hybridized carbons (Fsp3) is 0.231. The summed E-state index contributed by atoms with van der Waals surface area (Å²) in [6.07, 6.45) is -7.16. The first-order valence-corrected chi connectivity index (χ1v) is 26.7. The smallest absolute Gasteiger partial charge is 0.419 e. The number of hydrogen-bond acceptors (Lipinski definition) is 12. The molecule has 12 N–H and O–H groups in total. The number of carbonyl (C=O) groups excluding carboxylic acids is 2. The van der Waals surface area contributed by atoms with Crippen LogP contribution in [-0.4, -0.2) is 53.7 Å². The van der Waals surface area contributed by atoms with E-state index in [1.54, 1.807) is 0 Å². The minimum atomic E-state index is -4.83. The average Bonchev–Trinajstić information content (AvgIpc) is 3.41. The van der Waals surface area contributed by atoms with E-state index in [1.807, 2.05) is 0 Å². The molecule has 0 heterocycles. The predicted octanol–water partition coefficient (Wildman–Crippen LogP) is 8.53. The number of nitrogens with one attached hydrogen (secondary N) is 4. The van der Waals surface area contributed by atoms with E-state index in [9.17, 15) is 52.8 Å². The molecule has 0 bridgehead atoms. The lowest BCUT2D eigenvalue weighted by Gasteiger charge is -2.16. The Morgan fingerprint density at radius 1 is 0.513 bits per heavy atom. The molecule has 0 aliphatic rings. The van der Waals surface area contributed by atoms with Gasteiger partial charge in [0.05, 0.1) is 30.7 Å². The lowest BCUT2D eigenvalue weighted by molar-refractivity contribution is -0.139. The van der Waals surface area contributed by atoms with Crippen LogP contribution in [0.2, 0.25) is 0 Å². The highest BCUT2D eigenvalue weighted by atomic mass is 32.2. The van der Waals surface area contributed by atoms with Gasteiger partial charge in [0.2, 0.25) is 37.4 Å². The summed E-state index contributed by atoms with van der Waals surface area (Å²) in [5, 5.41) is 5.44. The number of sulfone groups is 2. The Kier molecular flexibility index (Phi) is 19.9. The van der Waals surface area contributed by atoms with Crippen molar-refractivity contribution in [2.24, 2.45) is 32.9 Å². The van der Waals surface area contributed by atoms with Crippen molar-refractivity contribution in [2.45, 2.75) is 83.5 Å². The largest absolute Gasteiger partial charge is 0.457 e. The number of amides is 2. The SMILES string of the molecule is NCc1ccc(C(F)(F)F)c(Oc2ccc(S(=O)(=O)c3ccc(Oc4cc(CNNC(N)=NCCCCC(=O)Nc5ccc(S(=O)(=O)c6ccc(NC(=O)CCCCN=C(N)N)cc6)cc5)ccc4C(F)(F)F)cc3)cc2)c1. The van der Waals surface area contributed by atoms with Gasteiger partial charge in [0.25, 0.3) is 0 Å². The number of rotatable bonds is 24. The van der Waals surface area contributed by atoms with Gasteiger partial charge in [0, 0.05) is 50.4 Å². The molecule has 6 rings (SSSR count). The van der Waals surface area contributed by atoms with Crippen LogP contribution in [0.1, 0.15) is 60.8 Å². The second kappa shape index (κ2) is 26.2. The van der Waals surface area contributed by atoms with E-state index in [4.69, 9.17) is 32.4 Å². The molecule has 78 heavy (non-hydrogen) atoms. The molecule has 6 aromatic carbocycles. The molecule has 0 saturated carbocycles. The number of unbranched alkanes of at least 4 members (excludes halogenated alkanes) is 2. The molecule has 0 unspecified atom stereocenters. The number of hydrogen-bond donors (Lipinski definition) is 8. The maximum Gasteiger partial charge on any atom is 0.419 e. The van der Waals surface area contributed by atoms with Crippen molar-refractivity contribution in [1.82, 2.24) is 10.9 Å². The van der Waals surface area contributed by atoms with Crippen molar-refractivity contribution in [3.8, 4) is 23.0 Å². The van der Waals surface area contributed by atoms with E-state index in [0.29, 0.717) is 54.7 Å². The maximum atomic E-state index is 14.1. The number of aliphatic imine (C=N–C) groups is 2. The molecule has 2 amide bonds. The zero-order valence-electron chi connectivity index (χ0n) is 41.3. The Labute approximate surface area is 445 Å². The number of benzene rings is 6. The molecule has 414 valence electrons. The number of halogens is 6. The highest BCUT2D eigenvalue weighted by molar-refractivity contribution is 7.91. The van der Waals surface area contributed by atoms with Crippen molar-refractivity contribution in [3.05, 3.63) is 156 Å². The first-order valence-electron chi connectivity index (χ1n) is 23.7.